The fourth-order valence-corrected chi connectivity index (χ4v) is 1.38. The molecule has 0 aliphatic heterocycles. The van der Waals surface area contributed by atoms with E-state index in [9.17, 15) is 17.6 Å². The van der Waals surface area contributed by atoms with E-state index in [1.807, 2.05) is 0 Å². The minimum Gasteiger partial charge on any atom is -0.363 e. The van der Waals surface area contributed by atoms with Crippen molar-refractivity contribution < 1.29 is 17.6 Å². The van der Waals surface area contributed by atoms with Gasteiger partial charge < -0.3 is 5.32 Å². The maximum atomic E-state index is 12.5. The first-order valence-corrected chi connectivity index (χ1v) is 4.95. The van der Waals surface area contributed by atoms with Gasteiger partial charge in [-0.05, 0) is 6.07 Å². The molecule has 10 heteroatoms. The number of aromatic nitrogens is 4. The lowest BCUT2D eigenvalue weighted by molar-refractivity contribution is 0.0537. The molecule has 0 bridgehead atoms. The Kier molecular flexibility index (Phi) is 5.16. The van der Waals surface area contributed by atoms with Gasteiger partial charge in [0.25, 0.3) is 0 Å². The van der Waals surface area contributed by atoms with E-state index in [4.69, 9.17) is 0 Å². The van der Waals surface area contributed by atoms with E-state index in [2.05, 4.69) is 15.5 Å². The van der Waals surface area contributed by atoms with Gasteiger partial charge in [-0.25, -0.2) is 9.36 Å². The standard InChI is InChI=1S/C9H9F4N5.ClH/c10-8(11)17-4-2-7(16-17)14-5-6-1-3-15-18(6)9(12)13;/h1-4,8-9H,5H2,(H,14,16);1H. The van der Waals surface area contributed by atoms with E-state index >= 15 is 0 Å². The molecule has 0 unspecified atom stereocenters. The Morgan fingerprint density at radius 2 is 1.89 bits per heavy atom. The Morgan fingerprint density at radius 1 is 1.16 bits per heavy atom. The highest BCUT2D eigenvalue weighted by atomic mass is 35.5. The van der Waals surface area contributed by atoms with Crippen LogP contribution in [-0.4, -0.2) is 19.6 Å². The van der Waals surface area contributed by atoms with Crippen molar-refractivity contribution in [1.82, 2.24) is 19.6 Å². The Hall–Kier alpha value is -1.77. The Bertz CT molecular complexity index is 512. The van der Waals surface area contributed by atoms with Crippen molar-refractivity contribution in [3.05, 3.63) is 30.2 Å². The number of nitrogens with one attached hydrogen (secondary N) is 1. The van der Waals surface area contributed by atoms with Crippen molar-refractivity contribution in [2.24, 2.45) is 0 Å². The van der Waals surface area contributed by atoms with Gasteiger partial charge >= 0.3 is 13.1 Å². The summed E-state index contributed by atoms with van der Waals surface area (Å²) in [6, 6.07) is 2.73. The van der Waals surface area contributed by atoms with E-state index in [1.165, 1.54) is 18.3 Å². The monoisotopic (exact) mass is 299 g/mol. The molecule has 2 heterocycles. The molecular formula is C9H10ClF4N5. The van der Waals surface area contributed by atoms with Crippen LogP contribution in [0.3, 0.4) is 0 Å². The molecule has 106 valence electrons. The first-order chi connectivity index (χ1) is 8.58. The third-order valence-electron chi connectivity index (χ3n) is 2.20. The average molecular weight is 300 g/mol. The van der Waals surface area contributed by atoms with Gasteiger partial charge in [-0.15, -0.1) is 12.4 Å². The van der Waals surface area contributed by atoms with Gasteiger partial charge in [0.1, 0.15) is 5.82 Å². The van der Waals surface area contributed by atoms with E-state index in [0.717, 1.165) is 6.20 Å². The summed E-state index contributed by atoms with van der Waals surface area (Å²) < 4.78 is 50.4. The van der Waals surface area contributed by atoms with Crippen LogP contribution >= 0.6 is 12.4 Å². The minimum atomic E-state index is -2.74. The van der Waals surface area contributed by atoms with Crippen LogP contribution in [0, 0.1) is 0 Å². The third-order valence-corrected chi connectivity index (χ3v) is 2.20. The smallest absolute Gasteiger partial charge is 0.333 e. The van der Waals surface area contributed by atoms with Crippen molar-refractivity contribution in [2.75, 3.05) is 5.32 Å². The second-order valence-corrected chi connectivity index (χ2v) is 3.36. The molecule has 2 rings (SSSR count). The van der Waals surface area contributed by atoms with Crippen LogP contribution in [-0.2, 0) is 6.54 Å². The summed E-state index contributed by atoms with van der Waals surface area (Å²) in [5.74, 6) is 0.178. The Morgan fingerprint density at radius 3 is 2.47 bits per heavy atom. The van der Waals surface area contributed by atoms with Crippen molar-refractivity contribution >= 4 is 18.2 Å². The van der Waals surface area contributed by atoms with Gasteiger partial charge in [0.15, 0.2) is 0 Å². The molecule has 0 saturated heterocycles. The van der Waals surface area contributed by atoms with Crippen molar-refractivity contribution in [2.45, 2.75) is 19.6 Å². The van der Waals surface area contributed by atoms with Gasteiger partial charge in [0.2, 0.25) is 0 Å². The summed E-state index contributed by atoms with van der Waals surface area (Å²) in [6.07, 6.45) is 2.33. The molecule has 0 aliphatic rings. The van der Waals surface area contributed by atoms with Crippen molar-refractivity contribution in [3.63, 3.8) is 0 Å². The lowest BCUT2D eigenvalue weighted by atomic mass is 10.4. The summed E-state index contributed by atoms with van der Waals surface area (Å²) in [5.41, 5.74) is 0.233. The summed E-state index contributed by atoms with van der Waals surface area (Å²) >= 11 is 0. The number of anilines is 1. The van der Waals surface area contributed by atoms with Crippen LogP contribution in [0.25, 0.3) is 0 Å². The number of halogens is 5. The average Bonchev–Trinajstić information content (AvgIpc) is 2.95. The molecule has 2 aromatic rings. The van der Waals surface area contributed by atoms with Gasteiger partial charge in [-0.2, -0.15) is 27.8 Å². The second kappa shape index (κ2) is 6.41. The number of rotatable bonds is 5. The highest BCUT2D eigenvalue weighted by Gasteiger charge is 2.12. The van der Waals surface area contributed by atoms with E-state index in [1.54, 1.807) is 0 Å². The summed E-state index contributed by atoms with van der Waals surface area (Å²) in [4.78, 5) is 0. The third kappa shape index (κ3) is 3.60. The second-order valence-electron chi connectivity index (χ2n) is 3.36. The minimum absolute atomic E-state index is 0. The topological polar surface area (TPSA) is 47.7 Å². The predicted molar refractivity (Wildman–Crippen MR) is 61.5 cm³/mol. The zero-order valence-electron chi connectivity index (χ0n) is 9.38. The fourth-order valence-electron chi connectivity index (χ4n) is 1.38. The molecule has 0 aliphatic carbocycles. The molecule has 1 N–H and O–H groups in total. The first kappa shape index (κ1) is 15.3. The summed E-state index contributed by atoms with van der Waals surface area (Å²) in [7, 11) is 0. The van der Waals surface area contributed by atoms with Crippen LogP contribution < -0.4 is 5.32 Å². The van der Waals surface area contributed by atoms with Gasteiger partial charge in [0.05, 0.1) is 12.2 Å². The molecule has 0 atom stereocenters. The molecule has 0 aromatic carbocycles. The molecule has 19 heavy (non-hydrogen) atoms. The van der Waals surface area contributed by atoms with Gasteiger partial charge in [-0.1, -0.05) is 0 Å². The van der Waals surface area contributed by atoms with Crippen LogP contribution in [0.15, 0.2) is 24.5 Å². The van der Waals surface area contributed by atoms with E-state index in [-0.39, 0.29) is 30.5 Å². The molecule has 5 nitrogen and oxygen atoms in total. The number of hydrogen-bond donors (Lipinski definition) is 1. The fraction of sp³-hybridized carbons (Fsp3) is 0.333. The zero-order chi connectivity index (χ0) is 13.1. The SMILES string of the molecule is Cl.FC(F)n1ccc(NCc2ccnn2C(F)F)n1. The number of alkyl halides is 4. The summed E-state index contributed by atoms with van der Waals surface area (Å²) in [6.45, 7) is -5.45. The Labute approximate surface area is 111 Å². The van der Waals surface area contributed by atoms with Gasteiger partial charge in [-0.3, -0.25) is 0 Å². The largest absolute Gasteiger partial charge is 0.363 e. The molecule has 0 radical (unpaired) electrons. The van der Waals surface area contributed by atoms with E-state index < -0.39 is 13.1 Å². The van der Waals surface area contributed by atoms with Gasteiger partial charge in [0, 0.05) is 18.5 Å². The first-order valence-electron chi connectivity index (χ1n) is 4.95. The van der Waals surface area contributed by atoms with Crippen LogP contribution in [0.5, 0.6) is 0 Å². The van der Waals surface area contributed by atoms with Crippen molar-refractivity contribution in [3.8, 4) is 0 Å². The molecule has 0 saturated carbocycles. The molecule has 2 aromatic heterocycles. The van der Waals surface area contributed by atoms with Crippen LogP contribution in [0.2, 0.25) is 0 Å². The highest BCUT2D eigenvalue weighted by Crippen LogP contribution is 2.15. The molecule has 0 fully saturated rings. The highest BCUT2D eigenvalue weighted by molar-refractivity contribution is 5.85. The van der Waals surface area contributed by atoms with Crippen LogP contribution in [0.4, 0.5) is 23.4 Å². The van der Waals surface area contributed by atoms with Crippen molar-refractivity contribution in [1.29, 1.82) is 0 Å². The van der Waals surface area contributed by atoms with Crippen LogP contribution in [0.1, 0.15) is 18.8 Å². The Balaban J connectivity index is 0.00000180. The lowest BCUT2D eigenvalue weighted by Crippen LogP contribution is -2.10. The molecule has 0 amide bonds. The summed E-state index contributed by atoms with van der Waals surface area (Å²) in [5, 5.41) is 9.62. The normalized spacial score (nSPS) is 10.8. The predicted octanol–water partition coefficient (Wildman–Crippen LogP) is 2.90. The lowest BCUT2D eigenvalue weighted by Gasteiger charge is -2.06. The maximum Gasteiger partial charge on any atom is 0.333 e. The zero-order valence-corrected chi connectivity index (χ0v) is 10.2. The quantitative estimate of drug-likeness (QED) is 0.864. The molecule has 0 spiro atoms. The van der Waals surface area contributed by atoms with E-state index in [0.29, 0.717) is 9.36 Å². The number of hydrogen-bond acceptors (Lipinski definition) is 3. The maximum absolute atomic E-state index is 12.5. The number of nitrogens with zero attached hydrogens (tertiary/aromatic N) is 4. The molecular weight excluding hydrogens is 290 g/mol.